The van der Waals surface area contributed by atoms with E-state index in [1.807, 2.05) is 0 Å². The maximum Gasteiger partial charge on any atom is 0.336 e. The minimum atomic E-state index is -0.543. The van der Waals surface area contributed by atoms with Crippen molar-refractivity contribution in [3.8, 4) is 5.75 Å². The minimum absolute atomic E-state index is 0.112. The van der Waals surface area contributed by atoms with Crippen LogP contribution in [0, 0.1) is 5.82 Å². The first kappa shape index (κ1) is 16.7. The molecule has 0 radical (unpaired) electrons. The number of benzene rings is 2. The molecule has 0 saturated heterocycles. The lowest BCUT2D eigenvalue weighted by molar-refractivity contribution is -0.120. The highest BCUT2D eigenvalue weighted by Crippen LogP contribution is 2.18. The van der Waals surface area contributed by atoms with E-state index < -0.39 is 11.4 Å². The molecule has 0 unspecified atom stereocenters. The molecule has 0 atom stereocenters. The summed E-state index contributed by atoms with van der Waals surface area (Å²) in [6, 6.07) is 12.3. The lowest BCUT2D eigenvalue weighted by Crippen LogP contribution is -2.25. The summed E-state index contributed by atoms with van der Waals surface area (Å²) in [7, 11) is 1.57. The Morgan fingerprint density at radius 2 is 1.92 bits per heavy atom. The highest BCUT2D eigenvalue weighted by atomic mass is 19.1. The number of fused-ring (bicyclic) bond motifs is 1. The maximum absolute atomic E-state index is 13.4. The van der Waals surface area contributed by atoms with Crippen molar-refractivity contribution in [1.29, 1.82) is 0 Å². The monoisotopic (exact) mass is 341 g/mol. The van der Waals surface area contributed by atoms with Gasteiger partial charge in [0, 0.05) is 18.0 Å². The van der Waals surface area contributed by atoms with Crippen molar-refractivity contribution < 1.29 is 18.3 Å². The number of ether oxygens (including phenoxy) is 1. The zero-order valence-electron chi connectivity index (χ0n) is 13.5. The Morgan fingerprint density at radius 1 is 1.16 bits per heavy atom. The van der Waals surface area contributed by atoms with E-state index in [1.165, 1.54) is 24.3 Å². The molecule has 6 heteroatoms. The predicted octanol–water partition coefficient (Wildman–Crippen LogP) is 2.80. The molecule has 0 spiro atoms. The summed E-state index contributed by atoms with van der Waals surface area (Å²) in [5.74, 6) is 0.0729. The van der Waals surface area contributed by atoms with Gasteiger partial charge >= 0.3 is 5.63 Å². The summed E-state index contributed by atoms with van der Waals surface area (Å²) in [6.45, 7) is 0.112. The fraction of sp³-hybridized carbons (Fsp3) is 0.158. The van der Waals surface area contributed by atoms with Crippen molar-refractivity contribution in [2.75, 3.05) is 7.11 Å². The van der Waals surface area contributed by atoms with Gasteiger partial charge in [0.05, 0.1) is 13.5 Å². The second kappa shape index (κ2) is 7.17. The third-order valence-electron chi connectivity index (χ3n) is 3.79. The molecular weight excluding hydrogens is 325 g/mol. The first-order valence-electron chi connectivity index (χ1n) is 7.67. The van der Waals surface area contributed by atoms with Crippen LogP contribution in [0.2, 0.25) is 0 Å². The molecular formula is C19H16FNO4. The number of carbonyl (C=O) groups excluding carboxylic acids is 1. The molecule has 0 fully saturated rings. The van der Waals surface area contributed by atoms with Gasteiger partial charge in [-0.25, -0.2) is 9.18 Å². The summed E-state index contributed by atoms with van der Waals surface area (Å²) in [5, 5.41) is 3.20. The van der Waals surface area contributed by atoms with Crippen molar-refractivity contribution in [3.05, 3.63) is 75.9 Å². The molecule has 128 valence electrons. The Morgan fingerprint density at radius 3 is 2.64 bits per heavy atom. The van der Waals surface area contributed by atoms with E-state index >= 15 is 0 Å². The standard InChI is InChI=1S/C19H16FNO4/c1-24-15-5-2-12(3-6-15)8-18(22)21-11-13-9-19(23)25-17-7-4-14(20)10-16(13)17/h2-7,9-10H,8,11H2,1H3,(H,21,22). The fourth-order valence-corrected chi connectivity index (χ4v) is 2.53. The Labute approximate surface area is 143 Å². The number of rotatable bonds is 5. The van der Waals surface area contributed by atoms with Crippen molar-refractivity contribution >= 4 is 16.9 Å². The van der Waals surface area contributed by atoms with Crippen LogP contribution in [-0.2, 0) is 17.8 Å². The third-order valence-corrected chi connectivity index (χ3v) is 3.79. The number of hydrogen-bond acceptors (Lipinski definition) is 4. The average molecular weight is 341 g/mol. The maximum atomic E-state index is 13.4. The normalized spacial score (nSPS) is 10.6. The second-order valence-electron chi connectivity index (χ2n) is 5.53. The summed E-state index contributed by atoms with van der Waals surface area (Å²) in [5.41, 5.74) is 1.09. The number of carbonyl (C=O) groups is 1. The molecule has 2 aromatic carbocycles. The Hall–Kier alpha value is -3.15. The van der Waals surface area contributed by atoms with Crippen LogP contribution in [0.5, 0.6) is 5.75 Å². The van der Waals surface area contributed by atoms with Gasteiger partial charge in [-0.05, 0) is 41.5 Å². The van der Waals surface area contributed by atoms with Crippen molar-refractivity contribution in [2.45, 2.75) is 13.0 Å². The predicted molar refractivity (Wildman–Crippen MR) is 91.0 cm³/mol. The van der Waals surface area contributed by atoms with Gasteiger partial charge in [-0.2, -0.15) is 0 Å². The Kier molecular flexibility index (Phi) is 4.79. The molecule has 5 nitrogen and oxygen atoms in total. The SMILES string of the molecule is COc1ccc(CC(=O)NCc2cc(=O)oc3ccc(F)cc23)cc1. The highest BCUT2D eigenvalue weighted by molar-refractivity contribution is 5.82. The number of amides is 1. The Bertz CT molecular complexity index is 963. The topological polar surface area (TPSA) is 68.5 Å². The van der Waals surface area contributed by atoms with Gasteiger partial charge in [0.2, 0.25) is 5.91 Å². The zero-order chi connectivity index (χ0) is 17.8. The molecule has 1 heterocycles. The van der Waals surface area contributed by atoms with Crippen LogP contribution in [0.4, 0.5) is 4.39 Å². The molecule has 0 aliphatic rings. The molecule has 25 heavy (non-hydrogen) atoms. The zero-order valence-corrected chi connectivity index (χ0v) is 13.5. The van der Waals surface area contributed by atoms with Gasteiger partial charge in [0.25, 0.3) is 0 Å². The van der Waals surface area contributed by atoms with Gasteiger partial charge in [-0.1, -0.05) is 12.1 Å². The van der Waals surface area contributed by atoms with E-state index in [1.54, 1.807) is 31.4 Å². The van der Waals surface area contributed by atoms with Crippen molar-refractivity contribution in [2.24, 2.45) is 0 Å². The van der Waals surface area contributed by atoms with Crippen molar-refractivity contribution in [1.82, 2.24) is 5.32 Å². The van der Waals surface area contributed by atoms with E-state index in [0.29, 0.717) is 16.7 Å². The summed E-state index contributed by atoms with van der Waals surface area (Å²) in [4.78, 5) is 23.7. The van der Waals surface area contributed by atoms with Crippen molar-refractivity contribution in [3.63, 3.8) is 0 Å². The first-order valence-corrected chi connectivity index (χ1v) is 7.67. The summed E-state index contributed by atoms with van der Waals surface area (Å²) >= 11 is 0. The Balaban J connectivity index is 1.72. The molecule has 0 saturated carbocycles. The lowest BCUT2D eigenvalue weighted by Gasteiger charge is -2.08. The average Bonchev–Trinajstić information content (AvgIpc) is 2.61. The van der Waals surface area contributed by atoms with Gasteiger partial charge in [0.1, 0.15) is 17.1 Å². The van der Waals surface area contributed by atoms with E-state index in [4.69, 9.17) is 9.15 Å². The number of hydrogen-bond donors (Lipinski definition) is 1. The number of halogens is 1. The van der Waals surface area contributed by atoms with Crippen LogP contribution in [0.3, 0.4) is 0 Å². The van der Waals surface area contributed by atoms with Crippen LogP contribution in [0.25, 0.3) is 11.0 Å². The fourth-order valence-electron chi connectivity index (χ4n) is 2.53. The molecule has 0 bridgehead atoms. The van der Waals surface area contributed by atoms with Gasteiger partial charge in [0.15, 0.2) is 0 Å². The van der Waals surface area contributed by atoms with E-state index in [0.717, 1.165) is 5.56 Å². The van der Waals surface area contributed by atoms with Gasteiger partial charge in [-0.15, -0.1) is 0 Å². The summed E-state index contributed by atoms with van der Waals surface area (Å²) < 4.78 is 23.6. The summed E-state index contributed by atoms with van der Waals surface area (Å²) in [6.07, 6.45) is 0.192. The van der Waals surface area contributed by atoms with Crippen LogP contribution >= 0.6 is 0 Å². The lowest BCUT2D eigenvalue weighted by atomic mass is 10.1. The third kappa shape index (κ3) is 4.03. The van der Waals surface area contributed by atoms with Crippen LogP contribution in [-0.4, -0.2) is 13.0 Å². The van der Waals surface area contributed by atoms with E-state index in [-0.39, 0.29) is 24.5 Å². The quantitative estimate of drug-likeness (QED) is 0.725. The van der Waals surface area contributed by atoms with Gasteiger partial charge in [-0.3, -0.25) is 4.79 Å². The molecule has 1 N–H and O–H groups in total. The molecule has 0 aliphatic heterocycles. The largest absolute Gasteiger partial charge is 0.497 e. The van der Waals surface area contributed by atoms with E-state index in [2.05, 4.69) is 5.32 Å². The first-order chi connectivity index (χ1) is 12.0. The van der Waals surface area contributed by atoms with Crippen LogP contribution in [0.1, 0.15) is 11.1 Å². The molecule has 3 aromatic rings. The smallest absolute Gasteiger partial charge is 0.336 e. The molecule has 1 amide bonds. The van der Waals surface area contributed by atoms with Crippen LogP contribution < -0.4 is 15.7 Å². The number of nitrogens with one attached hydrogen (secondary N) is 1. The van der Waals surface area contributed by atoms with Crippen LogP contribution in [0.15, 0.2) is 57.7 Å². The van der Waals surface area contributed by atoms with Gasteiger partial charge < -0.3 is 14.5 Å². The molecule has 3 rings (SSSR count). The second-order valence-corrected chi connectivity index (χ2v) is 5.53. The molecule has 0 aliphatic carbocycles. The van der Waals surface area contributed by atoms with E-state index in [9.17, 15) is 14.0 Å². The number of methoxy groups -OCH3 is 1. The minimum Gasteiger partial charge on any atom is -0.497 e. The molecule has 1 aromatic heterocycles. The highest BCUT2D eigenvalue weighted by Gasteiger charge is 2.09.